The van der Waals surface area contributed by atoms with Gasteiger partial charge < -0.3 is 0 Å². The highest BCUT2D eigenvalue weighted by molar-refractivity contribution is 5.68. The summed E-state index contributed by atoms with van der Waals surface area (Å²) in [7, 11) is 0. The lowest BCUT2D eigenvalue weighted by Crippen LogP contribution is -1.89. The lowest BCUT2D eigenvalue weighted by Gasteiger charge is -2.05. The van der Waals surface area contributed by atoms with Crippen molar-refractivity contribution in [2.24, 2.45) is 0 Å². The van der Waals surface area contributed by atoms with E-state index in [1.54, 1.807) is 0 Å². The van der Waals surface area contributed by atoms with Crippen LogP contribution >= 0.6 is 0 Å². The Kier molecular flexibility index (Phi) is 3.66. The highest BCUT2D eigenvalue weighted by atomic mass is 14.2. The van der Waals surface area contributed by atoms with Gasteiger partial charge >= 0.3 is 0 Å². The quantitative estimate of drug-likeness (QED) is 0.641. The third-order valence-electron chi connectivity index (χ3n) is 3.46. The molecule has 1 aromatic rings. The van der Waals surface area contributed by atoms with Crippen molar-refractivity contribution in [3.63, 3.8) is 0 Å². The first-order chi connectivity index (χ1) is 8.58. The van der Waals surface area contributed by atoms with Gasteiger partial charge in [0.15, 0.2) is 0 Å². The van der Waals surface area contributed by atoms with Crippen LogP contribution in [0.15, 0.2) is 65.3 Å². The van der Waals surface area contributed by atoms with Gasteiger partial charge in [-0.3, -0.25) is 0 Å². The van der Waals surface area contributed by atoms with E-state index in [9.17, 15) is 0 Å². The van der Waals surface area contributed by atoms with E-state index in [0.29, 0.717) is 0 Å². The van der Waals surface area contributed by atoms with E-state index in [-0.39, 0.29) is 0 Å². The third-order valence-corrected chi connectivity index (χ3v) is 3.46. The molecule has 92 valence electrons. The average Bonchev–Trinajstić information content (AvgIpc) is 2.78. The number of allylic oxidation sites excluding steroid dienone is 6. The summed E-state index contributed by atoms with van der Waals surface area (Å²) in [5.74, 6) is 0. The van der Waals surface area contributed by atoms with Crippen LogP contribution in [0.25, 0.3) is 6.08 Å². The van der Waals surface area contributed by atoms with Gasteiger partial charge in [-0.15, -0.1) is 0 Å². The Morgan fingerprint density at radius 1 is 1.11 bits per heavy atom. The molecule has 0 nitrogen and oxygen atoms in total. The molecule has 0 heterocycles. The summed E-state index contributed by atoms with van der Waals surface area (Å²) in [6, 6.07) is 8.62. The van der Waals surface area contributed by atoms with Gasteiger partial charge in [0.05, 0.1) is 0 Å². The van der Waals surface area contributed by atoms with Crippen molar-refractivity contribution in [3.8, 4) is 0 Å². The van der Waals surface area contributed by atoms with Crippen LogP contribution in [0.2, 0.25) is 0 Å². The van der Waals surface area contributed by atoms with Gasteiger partial charge in [-0.1, -0.05) is 54.6 Å². The summed E-state index contributed by atoms with van der Waals surface area (Å²) >= 11 is 0. The third kappa shape index (κ3) is 2.70. The number of fused-ring (bicyclic) bond motifs is 1. The number of rotatable bonds is 3. The Labute approximate surface area is 110 Å². The molecule has 0 bridgehead atoms. The summed E-state index contributed by atoms with van der Waals surface area (Å²) < 4.78 is 0. The Bertz CT molecular complexity index is 565. The number of benzene rings is 1. The molecule has 1 aliphatic rings. The minimum absolute atomic E-state index is 1.06. The molecular formula is C18H20. The molecule has 0 aliphatic heterocycles. The van der Waals surface area contributed by atoms with Crippen molar-refractivity contribution < 1.29 is 0 Å². The number of hydrogen-bond acceptors (Lipinski definition) is 0. The van der Waals surface area contributed by atoms with E-state index in [1.165, 1.54) is 27.8 Å². The van der Waals surface area contributed by atoms with Gasteiger partial charge in [0.25, 0.3) is 0 Å². The van der Waals surface area contributed by atoms with Gasteiger partial charge in [-0.25, -0.2) is 0 Å². The van der Waals surface area contributed by atoms with Crippen LogP contribution < -0.4 is 0 Å². The molecule has 0 saturated heterocycles. The van der Waals surface area contributed by atoms with Crippen LogP contribution in [0.5, 0.6) is 0 Å². The largest absolute Gasteiger partial charge is 0.0961 e. The van der Waals surface area contributed by atoms with E-state index in [0.717, 1.165) is 12.0 Å². The lowest BCUT2D eigenvalue weighted by atomic mass is 10.00. The van der Waals surface area contributed by atoms with Crippen molar-refractivity contribution in [2.75, 3.05) is 0 Å². The highest BCUT2D eigenvalue weighted by Crippen LogP contribution is 2.30. The molecule has 0 fully saturated rings. The molecular weight excluding hydrogens is 216 g/mol. The van der Waals surface area contributed by atoms with Crippen molar-refractivity contribution in [1.29, 1.82) is 0 Å². The summed E-state index contributed by atoms with van der Waals surface area (Å²) in [4.78, 5) is 0. The molecule has 0 aromatic heterocycles. The average molecular weight is 236 g/mol. The molecule has 0 atom stereocenters. The van der Waals surface area contributed by atoms with E-state index in [2.05, 4.69) is 62.9 Å². The summed E-state index contributed by atoms with van der Waals surface area (Å²) in [6.07, 6.45) is 7.59. The number of hydrogen-bond donors (Lipinski definition) is 0. The maximum absolute atomic E-state index is 3.89. The molecule has 1 aromatic carbocycles. The lowest BCUT2D eigenvalue weighted by molar-refractivity contribution is 1.17. The zero-order valence-corrected chi connectivity index (χ0v) is 11.5. The minimum Gasteiger partial charge on any atom is -0.0961 e. The van der Waals surface area contributed by atoms with Crippen LogP contribution in [0.1, 0.15) is 31.9 Å². The first-order valence-electron chi connectivity index (χ1n) is 6.38. The fourth-order valence-corrected chi connectivity index (χ4v) is 2.17. The second-order valence-corrected chi connectivity index (χ2v) is 5.03. The molecule has 0 unspecified atom stereocenters. The van der Waals surface area contributed by atoms with Crippen LogP contribution in [-0.2, 0) is 6.42 Å². The molecule has 0 spiro atoms. The molecule has 0 radical (unpaired) electrons. The Balaban J connectivity index is 2.25. The van der Waals surface area contributed by atoms with Gasteiger partial charge in [0, 0.05) is 0 Å². The van der Waals surface area contributed by atoms with Crippen molar-refractivity contribution >= 4 is 6.08 Å². The highest BCUT2D eigenvalue weighted by Gasteiger charge is 2.13. The maximum atomic E-state index is 3.89. The standard InChI is InChI=1S/C18H20/c1-13(2)9-10-14(3)15(4)18-11-16-7-5-6-8-17(16)12-18/h5-11H,1,12H2,2-4H3/b10-9-,15-14+. The Morgan fingerprint density at radius 3 is 2.50 bits per heavy atom. The van der Waals surface area contributed by atoms with Gasteiger partial charge in [0.1, 0.15) is 0 Å². The second-order valence-electron chi connectivity index (χ2n) is 5.03. The van der Waals surface area contributed by atoms with E-state index in [1.807, 2.05) is 6.92 Å². The summed E-state index contributed by atoms with van der Waals surface area (Å²) in [6.45, 7) is 10.3. The zero-order chi connectivity index (χ0) is 13.1. The maximum Gasteiger partial charge on any atom is -0.00169 e. The molecule has 0 amide bonds. The van der Waals surface area contributed by atoms with E-state index >= 15 is 0 Å². The van der Waals surface area contributed by atoms with Crippen LogP contribution in [0.4, 0.5) is 0 Å². The topological polar surface area (TPSA) is 0 Å². The fourth-order valence-electron chi connectivity index (χ4n) is 2.17. The first kappa shape index (κ1) is 12.6. The van der Waals surface area contributed by atoms with Crippen molar-refractivity contribution in [1.82, 2.24) is 0 Å². The minimum atomic E-state index is 1.06. The van der Waals surface area contributed by atoms with Gasteiger partial charge in [0.2, 0.25) is 0 Å². The molecule has 0 heteroatoms. The van der Waals surface area contributed by atoms with Crippen LogP contribution in [0, 0.1) is 0 Å². The summed E-state index contributed by atoms with van der Waals surface area (Å²) in [5, 5.41) is 0. The van der Waals surface area contributed by atoms with Crippen molar-refractivity contribution in [2.45, 2.75) is 27.2 Å². The van der Waals surface area contributed by atoms with E-state index < -0.39 is 0 Å². The smallest absolute Gasteiger partial charge is 0.00169 e. The van der Waals surface area contributed by atoms with Crippen molar-refractivity contribution in [3.05, 3.63) is 76.4 Å². The van der Waals surface area contributed by atoms with E-state index in [4.69, 9.17) is 0 Å². The predicted molar refractivity (Wildman–Crippen MR) is 80.5 cm³/mol. The fraction of sp³-hybridized carbons (Fsp3) is 0.222. The molecule has 18 heavy (non-hydrogen) atoms. The molecule has 0 N–H and O–H groups in total. The van der Waals surface area contributed by atoms with Crippen LogP contribution in [-0.4, -0.2) is 0 Å². The zero-order valence-electron chi connectivity index (χ0n) is 11.5. The van der Waals surface area contributed by atoms with Gasteiger partial charge in [-0.05, 0) is 55.0 Å². The molecule has 0 saturated carbocycles. The SMILES string of the molecule is C=C(C)/C=C\C(C)=C(/C)C1=Cc2ccccc2C1. The Morgan fingerprint density at radius 2 is 1.83 bits per heavy atom. The molecule has 1 aliphatic carbocycles. The summed E-state index contributed by atoms with van der Waals surface area (Å²) in [5.41, 5.74) is 8.01. The Hall–Kier alpha value is -1.82. The first-order valence-corrected chi connectivity index (χ1v) is 6.38. The molecule has 2 rings (SSSR count). The second kappa shape index (κ2) is 5.22. The van der Waals surface area contributed by atoms with Gasteiger partial charge in [-0.2, -0.15) is 0 Å². The monoisotopic (exact) mass is 236 g/mol. The normalized spacial score (nSPS) is 15.4. The predicted octanol–water partition coefficient (Wildman–Crippen LogP) is 5.09. The van der Waals surface area contributed by atoms with Crippen LogP contribution in [0.3, 0.4) is 0 Å².